The molecule has 0 bridgehead atoms. The quantitative estimate of drug-likeness (QED) is 0.920. The normalized spacial score (nSPS) is 15.0. The van der Waals surface area contributed by atoms with Crippen LogP contribution in [0.1, 0.15) is 28.4 Å². The van der Waals surface area contributed by atoms with E-state index in [1.165, 1.54) is 17.0 Å². The number of anilines is 1. The molecule has 1 heterocycles. The van der Waals surface area contributed by atoms with Crippen LogP contribution in [0.25, 0.3) is 0 Å². The first kappa shape index (κ1) is 17.0. The number of carbonyl (C=O) groups is 2. The molecule has 1 aliphatic rings. The standard InChI is InChI=1S/C18H15F3N2O2/c1-11(23-10-12-5-2-3-8-15(12)17(23)25)16(24)22-14-7-4-6-13(9-14)18(19,20)21/h2-9,11H,10H2,1H3,(H,22,24)/t11-/m0/s1. The van der Waals surface area contributed by atoms with Crippen molar-refractivity contribution in [3.63, 3.8) is 0 Å². The van der Waals surface area contributed by atoms with Crippen molar-refractivity contribution in [3.8, 4) is 0 Å². The summed E-state index contributed by atoms with van der Waals surface area (Å²) >= 11 is 0. The lowest BCUT2D eigenvalue weighted by atomic mass is 10.1. The average Bonchev–Trinajstić information content (AvgIpc) is 2.91. The summed E-state index contributed by atoms with van der Waals surface area (Å²) in [6.07, 6.45) is -4.49. The highest BCUT2D eigenvalue weighted by Crippen LogP contribution is 2.31. The van der Waals surface area contributed by atoms with Gasteiger partial charge < -0.3 is 10.2 Å². The maximum absolute atomic E-state index is 12.7. The first-order valence-corrected chi connectivity index (χ1v) is 7.64. The monoisotopic (exact) mass is 348 g/mol. The molecule has 0 fully saturated rings. The molecule has 4 nitrogen and oxygen atoms in total. The molecule has 130 valence electrons. The lowest BCUT2D eigenvalue weighted by Gasteiger charge is -2.23. The molecule has 1 atom stereocenters. The van der Waals surface area contributed by atoms with E-state index in [0.717, 1.165) is 17.7 Å². The number of hydrogen-bond donors (Lipinski definition) is 1. The van der Waals surface area contributed by atoms with E-state index in [4.69, 9.17) is 0 Å². The van der Waals surface area contributed by atoms with Gasteiger partial charge in [-0.2, -0.15) is 13.2 Å². The van der Waals surface area contributed by atoms with Gasteiger partial charge >= 0.3 is 6.18 Å². The summed E-state index contributed by atoms with van der Waals surface area (Å²) in [5.74, 6) is -0.803. The van der Waals surface area contributed by atoms with Gasteiger partial charge in [-0.1, -0.05) is 24.3 Å². The number of halogens is 3. The second-order valence-electron chi connectivity index (χ2n) is 5.83. The highest BCUT2D eigenvalue weighted by Gasteiger charge is 2.34. The summed E-state index contributed by atoms with van der Waals surface area (Å²) in [4.78, 5) is 26.1. The van der Waals surface area contributed by atoms with E-state index < -0.39 is 23.7 Å². The summed E-state index contributed by atoms with van der Waals surface area (Å²) in [7, 11) is 0. The van der Waals surface area contributed by atoms with Gasteiger partial charge in [-0.25, -0.2) is 0 Å². The number of alkyl halides is 3. The third-order valence-electron chi connectivity index (χ3n) is 4.15. The Morgan fingerprint density at radius 3 is 2.56 bits per heavy atom. The SMILES string of the molecule is C[C@@H](C(=O)Nc1cccc(C(F)(F)F)c1)N1Cc2ccccc2C1=O. The number of nitrogens with one attached hydrogen (secondary N) is 1. The molecule has 0 aliphatic carbocycles. The van der Waals surface area contributed by atoms with E-state index in [0.29, 0.717) is 12.1 Å². The van der Waals surface area contributed by atoms with E-state index in [9.17, 15) is 22.8 Å². The zero-order valence-corrected chi connectivity index (χ0v) is 13.3. The Hall–Kier alpha value is -2.83. The van der Waals surface area contributed by atoms with E-state index in [2.05, 4.69) is 5.32 Å². The largest absolute Gasteiger partial charge is 0.416 e. The molecule has 0 radical (unpaired) electrons. The number of fused-ring (bicyclic) bond motifs is 1. The van der Waals surface area contributed by atoms with Crippen molar-refractivity contribution >= 4 is 17.5 Å². The van der Waals surface area contributed by atoms with Gasteiger partial charge in [0.25, 0.3) is 5.91 Å². The second-order valence-corrected chi connectivity index (χ2v) is 5.83. The first-order valence-electron chi connectivity index (χ1n) is 7.64. The van der Waals surface area contributed by atoms with Crippen LogP contribution in [0.4, 0.5) is 18.9 Å². The number of carbonyl (C=O) groups excluding carboxylic acids is 2. The minimum Gasteiger partial charge on any atom is -0.324 e. The highest BCUT2D eigenvalue weighted by atomic mass is 19.4. The zero-order valence-electron chi connectivity index (χ0n) is 13.3. The van der Waals surface area contributed by atoms with Gasteiger partial charge in [-0.05, 0) is 36.8 Å². The van der Waals surface area contributed by atoms with Crippen LogP contribution in [0.15, 0.2) is 48.5 Å². The van der Waals surface area contributed by atoms with E-state index in [1.54, 1.807) is 19.1 Å². The Morgan fingerprint density at radius 2 is 1.88 bits per heavy atom. The van der Waals surface area contributed by atoms with Crippen LogP contribution >= 0.6 is 0 Å². The summed E-state index contributed by atoms with van der Waals surface area (Å²) in [6, 6.07) is 10.6. The number of hydrogen-bond acceptors (Lipinski definition) is 2. The van der Waals surface area contributed by atoms with E-state index in [-0.39, 0.29) is 11.6 Å². The van der Waals surface area contributed by atoms with Crippen molar-refractivity contribution in [2.45, 2.75) is 25.7 Å². The molecule has 2 aromatic rings. The predicted molar refractivity (Wildman–Crippen MR) is 85.9 cm³/mol. The predicted octanol–water partition coefficient (Wildman–Crippen LogP) is 3.69. The van der Waals surface area contributed by atoms with Crippen LogP contribution in [0.2, 0.25) is 0 Å². The fraction of sp³-hybridized carbons (Fsp3) is 0.222. The molecule has 0 unspecified atom stereocenters. The molecule has 0 aromatic heterocycles. The lowest BCUT2D eigenvalue weighted by Crippen LogP contribution is -2.42. The Morgan fingerprint density at radius 1 is 1.16 bits per heavy atom. The second kappa shape index (κ2) is 6.23. The van der Waals surface area contributed by atoms with E-state index >= 15 is 0 Å². The Balaban J connectivity index is 1.73. The molecular weight excluding hydrogens is 333 g/mol. The molecule has 2 aromatic carbocycles. The van der Waals surface area contributed by atoms with Crippen molar-refractivity contribution in [2.75, 3.05) is 5.32 Å². The van der Waals surface area contributed by atoms with E-state index in [1.807, 2.05) is 12.1 Å². The summed E-state index contributed by atoms with van der Waals surface area (Å²) in [5, 5.41) is 2.45. The number of nitrogens with zero attached hydrogens (tertiary/aromatic N) is 1. The third kappa shape index (κ3) is 3.35. The smallest absolute Gasteiger partial charge is 0.324 e. The minimum absolute atomic E-state index is 0.0378. The van der Waals surface area contributed by atoms with Gasteiger partial charge in [0.05, 0.1) is 5.56 Å². The van der Waals surface area contributed by atoms with Crippen LogP contribution in [-0.4, -0.2) is 22.8 Å². The summed E-state index contributed by atoms with van der Waals surface area (Å²) in [6.45, 7) is 1.85. The van der Waals surface area contributed by atoms with Crippen molar-refractivity contribution in [1.29, 1.82) is 0 Å². The molecule has 0 saturated heterocycles. The number of rotatable bonds is 3. The van der Waals surface area contributed by atoms with Crippen molar-refractivity contribution in [3.05, 3.63) is 65.2 Å². The average molecular weight is 348 g/mol. The van der Waals surface area contributed by atoms with Crippen molar-refractivity contribution < 1.29 is 22.8 Å². The third-order valence-corrected chi connectivity index (χ3v) is 4.15. The number of amides is 2. The van der Waals surface area contributed by atoms with Crippen LogP contribution in [0, 0.1) is 0 Å². The van der Waals surface area contributed by atoms with Crippen LogP contribution in [-0.2, 0) is 17.5 Å². The Kier molecular flexibility index (Phi) is 4.24. The number of benzene rings is 2. The molecule has 1 aliphatic heterocycles. The van der Waals surface area contributed by atoms with Gasteiger partial charge in [0.1, 0.15) is 6.04 Å². The molecular formula is C18H15F3N2O2. The first-order chi connectivity index (χ1) is 11.8. The van der Waals surface area contributed by atoms with Gasteiger partial charge in [-0.3, -0.25) is 9.59 Å². The minimum atomic E-state index is -4.49. The highest BCUT2D eigenvalue weighted by molar-refractivity contribution is 6.03. The van der Waals surface area contributed by atoms with Crippen LogP contribution in [0.3, 0.4) is 0 Å². The Bertz CT molecular complexity index is 833. The fourth-order valence-corrected chi connectivity index (χ4v) is 2.75. The fourth-order valence-electron chi connectivity index (χ4n) is 2.75. The maximum Gasteiger partial charge on any atom is 0.416 e. The zero-order chi connectivity index (χ0) is 18.2. The molecule has 0 saturated carbocycles. The molecule has 2 amide bonds. The maximum atomic E-state index is 12.7. The Labute approximate surface area is 142 Å². The molecule has 1 N–H and O–H groups in total. The summed E-state index contributed by atoms with van der Waals surface area (Å²) in [5.41, 5.74) is 0.561. The lowest BCUT2D eigenvalue weighted by molar-refractivity contribution is -0.137. The molecule has 25 heavy (non-hydrogen) atoms. The topological polar surface area (TPSA) is 49.4 Å². The van der Waals surface area contributed by atoms with Gasteiger partial charge in [0.2, 0.25) is 5.91 Å². The van der Waals surface area contributed by atoms with Crippen LogP contribution < -0.4 is 5.32 Å². The van der Waals surface area contributed by atoms with Crippen molar-refractivity contribution in [1.82, 2.24) is 4.90 Å². The van der Waals surface area contributed by atoms with Gasteiger partial charge in [0, 0.05) is 17.8 Å². The molecule has 3 rings (SSSR count). The van der Waals surface area contributed by atoms with Crippen molar-refractivity contribution in [2.24, 2.45) is 0 Å². The summed E-state index contributed by atoms with van der Waals surface area (Å²) < 4.78 is 38.2. The van der Waals surface area contributed by atoms with Crippen LogP contribution in [0.5, 0.6) is 0 Å². The van der Waals surface area contributed by atoms with Gasteiger partial charge in [-0.15, -0.1) is 0 Å². The molecule has 7 heteroatoms. The molecule has 0 spiro atoms. The van der Waals surface area contributed by atoms with Gasteiger partial charge in [0.15, 0.2) is 0 Å².